The van der Waals surface area contributed by atoms with Crippen LogP contribution in [0.15, 0.2) is 115 Å². The Bertz CT molecular complexity index is 839. The van der Waals surface area contributed by atoms with E-state index >= 15 is 0 Å². The fourth-order valence-electron chi connectivity index (χ4n) is 1.78. The Kier molecular flexibility index (Phi) is 17.7. The number of hydrogen-bond acceptors (Lipinski definition) is 4. The summed E-state index contributed by atoms with van der Waals surface area (Å²) in [6.07, 6.45) is 0. The molecule has 0 saturated carbocycles. The molecular weight excluding hydrogens is 879 g/mol. The molecule has 0 aliphatic carbocycles. The quantitative estimate of drug-likeness (QED) is 0.212. The van der Waals surface area contributed by atoms with E-state index in [4.69, 9.17) is 0 Å². The maximum atomic E-state index is 10.6. The first kappa shape index (κ1) is 31.9. The van der Waals surface area contributed by atoms with Crippen molar-refractivity contribution in [2.45, 2.75) is 0 Å². The zero-order chi connectivity index (χ0) is 23.9. The van der Waals surface area contributed by atoms with Crippen LogP contribution in [0.25, 0.3) is 0 Å². The van der Waals surface area contributed by atoms with Gasteiger partial charge in [-0.05, 0) is 24.3 Å². The molecule has 4 aromatic carbocycles. The molecule has 0 saturated heterocycles. The van der Waals surface area contributed by atoms with Crippen LogP contribution in [-0.2, 0) is 0 Å². The van der Waals surface area contributed by atoms with E-state index in [9.17, 15) is 20.4 Å². The molecule has 0 aromatic heterocycles. The SMILES string of the molecule is [O-]c1ccccc1Br.[O-]c1ccccc1Br.[O-]c1ccccc1Br.[O-]c1ccccc1Br.[Pb+4]. The number of hydrogen-bond donors (Lipinski definition) is 0. The molecule has 0 radical (unpaired) electrons. The second kappa shape index (κ2) is 18.3. The molecule has 0 unspecified atom stereocenters. The van der Waals surface area contributed by atoms with Gasteiger partial charge in [-0.25, -0.2) is 0 Å². The molecule has 168 valence electrons. The summed E-state index contributed by atoms with van der Waals surface area (Å²) in [6, 6.07) is 27.1. The Morgan fingerprint density at radius 1 is 0.333 bits per heavy atom. The Balaban J connectivity index is 0.000000410. The van der Waals surface area contributed by atoms with E-state index in [-0.39, 0.29) is 50.3 Å². The topological polar surface area (TPSA) is 92.2 Å². The fraction of sp³-hybridized carbons (Fsp3) is 0. The first-order valence-corrected chi connectivity index (χ1v) is 12.1. The smallest absolute Gasteiger partial charge is 0.872 e. The third-order valence-electron chi connectivity index (χ3n) is 3.35. The molecule has 0 aliphatic heterocycles. The predicted molar refractivity (Wildman–Crippen MR) is 140 cm³/mol. The van der Waals surface area contributed by atoms with E-state index in [1.165, 1.54) is 24.3 Å². The van der Waals surface area contributed by atoms with Gasteiger partial charge in [-0.3, -0.25) is 0 Å². The summed E-state index contributed by atoms with van der Waals surface area (Å²) in [6.45, 7) is 0. The van der Waals surface area contributed by atoms with Crippen molar-refractivity contribution in [2.75, 3.05) is 0 Å². The molecular formula is C24H16Br4O4Pb. The summed E-state index contributed by atoms with van der Waals surface area (Å²) >= 11 is 12.3. The maximum Gasteiger partial charge on any atom is 4.00 e. The molecule has 0 atom stereocenters. The van der Waals surface area contributed by atoms with Gasteiger partial charge >= 0.3 is 27.3 Å². The van der Waals surface area contributed by atoms with Crippen LogP contribution in [0.2, 0.25) is 0 Å². The van der Waals surface area contributed by atoms with Gasteiger partial charge in [-0.2, -0.15) is 0 Å². The van der Waals surface area contributed by atoms with E-state index in [2.05, 4.69) is 63.7 Å². The van der Waals surface area contributed by atoms with Crippen molar-refractivity contribution in [3.8, 4) is 23.0 Å². The minimum Gasteiger partial charge on any atom is -0.872 e. The minimum absolute atomic E-state index is 0. The Morgan fingerprint density at radius 2 is 0.485 bits per heavy atom. The van der Waals surface area contributed by atoms with Crippen LogP contribution in [-0.4, -0.2) is 27.3 Å². The number of halogens is 4. The van der Waals surface area contributed by atoms with Crippen molar-refractivity contribution in [2.24, 2.45) is 0 Å². The molecule has 4 rings (SSSR count). The van der Waals surface area contributed by atoms with Crippen molar-refractivity contribution in [1.82, 2.24) is 0 Å². The summed E-state index contributed by atoms with van der Waals surface area (Å²) in [5.74, 6) is 0.139. The van der Waals surface area contributed by atoms with Crippen LogP contribution in [0.4, 0.5) is 0 Å². The molecule has 0 fully saturated rings. The summed E-state index contributed by atoms with van der Waals surface area (Å²) in [5, 5.41) is 42.3. The number of benzene rings is 4. The van der Waals surface area contributed by atoms with Gasteiger partial charge in [0.25, 0.3) is 0 Å². The predicted octanol–water partition coefficient (Wildman–Crippen LogP) is 5.71. The molecule has 0 bridgehead atoms. The molecule has 0 aliphatic rings. The Morgan fingerprint density at radius 3 is 0.576 bits per heavy atom. The third-order valence-corrected chi connectivity index (χ3v) is 5.97. The first-order valence-electron chi connectivity index (χ1n) is 8.88. The summed E-state index contributed by atoms with van der Waals surface area (Å²) in [7, 11) is 0. The van der Waals surface area contributed by atoms with Crippen LogP contribution in [0.1, 0.15) is 0 Å². The Hall–Kier alpha value is -1.08. The monoisotopic (exact) mass is 892 g/mol. The molecule has 0 amide bonds. The van der Waals surface area contributed by atoms with E-state index in [1.807, 2.05) is 24.3 Å². The van der Waals surface area contributed by atoms with Gasteiger partial charge in [0.1, 0.15) is 0 Å². The van der Waals surface area contributed by atoms with Crippen molar-refractivity contribution in [3.05, 3.63) is 115 Å². The first-order chi connectivity index (χ1) is 15.2. The second-order valence-corrected chi connectivity index (χ2v) is 9.14. The standard InChI is InChI=1S/4C6H5BrO.Pb/c4*7-5-3-1-2-4-6(5)8;/h4*1-4,8H;/q;;;;+4/p-4. The average molecular weight is 895 g/mol. The van der Waals surface area contributed by atoms with Gasteiger partial charge in [0.15, 0.2) is 0 Å². The van der Waals surface area contributed by atoms with Gasteiger partial charge in [-0.15, -0.1) is 0 Å². The van der Waals surface area contributed by atoms with Gasteiger partial charge < -0.3 is 20.4 Å². The van der Waals surface area contributed by atoms with Gasteiger partial charge in [0.2, 0.25) is 0 Å². The van der Waals surface area contributed by atoms with Crippen molar-refractivity contribution in [1.29, 1.82) is 0 Å². The van der Waals surface area contributed by atoms with Crippen molar-refractivity contribution < 1.29 is 20.4 Å². The maximum absolute atomic E-state index is 10.6. The fourth-order valence-corrected chi connectivity index (χ4v) is 2.92. The molecule has 4 aromatic rings. The largest absolute Gasteiger partial charge is 4.00 e. The van der Waals surface area contributed by atoms with E-state index in [1.54, 1.807) is 48.5 Å². The average Bonchev–Trinajstić information content (AvgIpc) is 2.78. The van der Waals surface area contributed by atoms with Crippen LogP contribution < -0.4 is 20.4 Å². The van der Waals surface area contributed by atoms with Crippen LogP contribution >= 0.6 is 63.7 Å². The normalized spacial score (nSPS) is 8.85. The summed E-state index contributed by atoms with van der Waals surface area (Å²) in [4.78, 5) is 0. The molecule has 0 heterocycles. The van der Waals surface area contributed by atoms with Crippen LogP contribution in [0.5, 0.6) is 23.0 Å². The zero-order valence-corrected chi connectivity index (χ0v) is 27.1. The van der Waals surface area contributed by atoms with E-state index < -0.39 is 0 Å². The second-order valence-electron chi connectivity index (χ2n) is 5.72. The van der Waals surface area contributed by atoms with Crippen LogP contribution in [0, 0.1) is 0 Å². The summed E-state index contributed by atoms with van der Waals surface area (Å²) in [5.41, 5.74) is 0. The van der Waals surface area contributed by atoms with Crippen molar-refractivity contribution in [3.63, 3.8) is 0 Å². The minimum atomic E-state index is 0. The van der Waals surface area contributed by atoms with E-state index in [0.29, 0.717) is 17.9 Å². The number of para-hydroxylation sites is 4. The molecule has 0 spiro atoms. The van der Waals surface area contributed by atoms with Gasteiger partial charge in [0.05, 0.1) is 0 Å². The molecule has 4 nitrogen and oxygen atoms in total. The summed E-state index contributed by atoms with van der Waals surface area (Å²) < 4.78 is 2.50. The van der Waals surface area contributed by atoms with Crippen LogP contribution in [0.3, 0.4) is 0 Å². The Labute approximate surface area is 247 Å². The van der Waals surface area contributed by atoms with Crippen molar-refractivity contribution >= 4 is 91.0 Å². The third kappa shape index (κ3) is 14.0. The molecule has 0 N–H and O–H groups in total. The zero-order valence-electron chi connectivity index (χ0n) is 16.9. The van der Waals surface area contributed by atoms with E-state index in [0.717, 1.165) is 0 Å². The molecule has 33 heavy (non-hydrogen) atoms. The van der Waals surface area contributed by atoms with Gasteiger partial charge in [-0.1, -0.05) is 160 Å². The number of rotatable bonds is 0. The molecule has 9 heteroatoms. The van der Waals surface area contributed by atoms with Gasteiger partial charge in [0, 0.05) is 17.9 Å².